The van der Waals surface area contributed by atoms with Crippen molar-refractivity contribution in [2.24, 2.45) is 0 Å². The number of nitrogens with one attached hydrogen (secondary N) is 1. The molecule has 1 atom stereocenters. The van der Waals surface area contributed by atoms with Crippen molar-refractivity contribution in [3.63, 3.8) is 0 Å². The van der Waals surface area contributed by atoms with Crippen molar-refractivity contribution in [1.82, 2.24) is 9.55 Å². The van der Waals surface area contributed by atoms with Crippen LogP contribution in [-0.4, -0.2) is 54.9 Å². The maximum atomic E-state index is 13.3. The van der Waals surface area contributed by atoms with E-state index in [1.807, 2.05) is 30.7 Å². The van der Waals surface area contributed by atoms with Gasteiger partial charge in [0.15, 0.2) is 5.82 Å². The van der Waals surface area contributed by atoms with Crippen LogP contribution in [0, 0.1) is 0 Å². The minimum absolute atomic E-state index is 0.198. The van der Waals surface area contributed by atoms with Gasteiger partial charge in [-0.3, -0.25) is 0 Å². The molecule has 2 aromatic rings. The number of cyclic esters (lactones) is 1. The van der Waals surface area contributed by atoms with Crippen molar-refractivity contribution in [3.8, 4) is 11.4 Å². The summed E-state index contributed by atoms with van der Waals surface area (Å²) in [5.74, 6) is 0.851. The Morgan fingerprint density at radius 3 is 2.93 bits per heavy atom. The second kappa shape index (κ2) is 6.71. The third-order valence-electron chi connectivity index (χ3n) is 4.91. The number of hydrogen-bond acceptors (Lipinski definition) is 5. The average molecular weight is 377 g/mol. The molecule has 144 valence electrons. The monoisotopic (exact) mass is 377 g/mol. The number of aromatic nitrogens is 2. The third-order valence-corrected chi connectivity index (χ3v) is 4.91. The van der Waals surface area contributed by atoms with Crippen LogP contribution in [0.3, 0.4) is 0 Å². The van der Waals surface area contributed by atoms with Crippen LogP contribution in [0.2, 0.25) is 0 Å². The van der Waals surface area contributed by atoms with Gasteiger partial charge in [0, 0.05) is 49.8 Å². The van der Waals surface area contributed by atoms with E-state index in [0.717, 1.165) is 34.9 Å². The Kier molecular flexibility index (Phi) is 4.37. The van der Waals surface area contributed by atoms with Crippen molar-refractivity contribution in [2.45, 2.75) is 25.9 Å². The number of imidazole rings is 1. The fourth-order valence-corrected chi connectivity index (χ4v) is 3.52. The number of halogens is 2. The molecule has 1 saturated heterocycles. The topological polar surface area (TPSA) is 62.6 Å². The number of alkyl halides is 2. The van der Waals surface area contributed by atoms with Crippen molar-refractivity contribution in [1.29, 1.82) is 0 Å². The Morgan fingerprint density at radius 2 is 2.19 bits per heavy atom. The maximum Gasteiger partial charge on any atom is 0.416 e. The third kappa shape index (κ3) is 2.96. The second-order valence-corrected chi connectivity index (χ2v) is 6.65. The van der Waals surface area contributed by atoms with Gasteiger partial charge < -0.3 is 19.5 Å². The first kappa shape index (κ1) is 17.6. The molecule has 0 bridgehead atoms. The van der Waals surface area contributed by atoms with E-state index in [2.05, 4.69) is 21.3 Å². The van der Waals surface area contributed by atoms with Crippen LogP contribution >= 0.6 is 0 Å². The number of rotatable bonds is 4. The quantitative estimate of drug-likeness (QED) is 0.888. The highest BCUT2D eigenvalue weighted by molar-refractivity contribution is 5.90. The highest BCUT2D eigenvalue weighted by atomic mass is 19.3. The number of benzene rings is 1. The van der Waals surface area contributed by atoms with Crippen LogP contribution in [0.4, 0.5) is 30.8 Å². The molecule has 7 nitrogen and oxygen atoms in total. The zero-order valence-electron chi connectivity index (χ0n) is 15.2. The van der Waals surface area contributed by atoms with Crippen LogP contribution < -0.4 is 15.1 Å². The van der Waals surface area contributed by atoms with Gasteiger partial charge in [0.1, 0.15) is 18.5 Å². The van der Waals surface area contributed by atoms with Gasteiger partial charge in [0.05, 0.1) is 0 Å². The zero-order chi connectivity index (χ0) is 19.1. The molecule has 0 spiro atoms. The molecule has 0 aliphatic carbocycles. The van der Waals surface area contributed by atoms with Crippen LogP contribution in [0.5, 0.6) is 0 Å². The van der Waals surface area contributed by atoms with Gasteiger partial charge in [-0.1, -0.05) is 0 Å². The van der Waals surface area contributed by atoms with E-state index in [4.69, 9.17) is 4.74 Å². The summed E-state index contributed by atoms with van der Waals surface area (Å²) < 4.78 is 33.3. The summed E-state index contributed by atoms with van der Waals surface area (Å²) in [6.45, 7) is 3.88. The lowest BCUT2D eigenvalue weighted by Gasteiger charge is -2.20. The highest BCUT2D eigenvalue weighted by Gasteiger charge is 2.42. The fourth-order valence-electron chi connectivity index (χ4n) is 3.52. The van der Waals surface area contributed by atoms with Crippen molar-refractivity contribution in [2.75, 3.05) is 41.9 Å². The molecule has 1 amide bonds. The van der Waals surface area contributed by atoms with E-state index in [0.29, 0.717) is 12.4 Å². The Morgan fingerprint density at radius 1 is 1.37 bits per heavy atom. The Bertz CT molecular complexity index is 869. The number of amides is 1. The first-order valence-corrected chi connectivity index (χ1v) is 8.90. The second-order valence-electron chi connectivity index (χ2n) is 6.65. The highest BCUT2D eigenvalue weighted by Crippen LogP contribution is 2.37. The normalized spacial score (nSPS) is 19.0. The molecule has 1 aromatic heterocycles. The molecule has 4 rings (SSSR count). The summed E-state index contributed by atoms with van der Waals surface area (Å²) in [6, 6.07) is 4.67. The maximum absolute atomic E-state index is 13.3. The number of nitrogens with zero attached hydrogens (tertiary/aromatic N) is 4. The molecule has 9 heteroatoms. The molecule has 0 saturated carbocycles. The van der Waals surface area contributed by atoms with Gasteiger partial charge in [-0.15, -0.1) is 0 Å². The molecular formula is C18H21F2N5O2. The number of likely N-dealkylation sites (N-methyl/N-ethyl adjacent to an activating group) is 1. The molecule has 2 aliphatic rings. The lowest BCUT2D eigenvalue weighted by Crippen LogP contribution is -2.38. The number of anilines is 3. The Hall–Kier alpha value is -2.84. The summed E-state index contributed by atoms with van der Waals surface area (Å²) in [5.41, 5.74) is 2.90. The molecular weight excluding hydrogens is 356 g/mol. The molecule has 27 heavy (non-hydrogen) atoms. The standard InChI is InChI=1S/C18H21F2N5O2/c1-3-21-11-4-5-12-13(8-11)23(2)6-7-24-9-15(22-17(12)24)25-14(16(19)20)10-27-18(25)26/h4-5,8-9,14,16,21H,3,6-7,10H2,1-2H3. The SMILES string of the molecule is CCNc1ccc2c(c1)N(C)CCn1cc(N3C(=O)OCC3C(F)F)nc1-2. The van der Waals surface area contributed by atoms with Crippen LogP contribution in [0.25, 0.3) is 11.4 Å². The van der Waals surface area contributed by atoms with Gasteiger partial charge >= 0.3 is 6.09 Å². The van der Waals surface area contributed by atoms with Gasteiger partial charge in [0.2, 0.25) is 0 Å². The number of hydrogen-bond donors (Lipinski definition) is 1. The average Bonchev–Trinajstić information content (AvgIpc) is 3.20. The summed E-state index contributed by atoms with van der Waals surface area (Å²) in [4.78, 5) is 19.6. The van der Waals surface area contributed by atoms with E-state index < -0.39 is 18.6 Å². The molecule has 1 aromatic carbocycles. The minimum atomic E-state index is -2.70. The molecule has 1 fully saturated rings. The number of ether oxygens (including phenoxy) is 1. The minimum Gasteiger partial charge on any atom is -0.447 e. The van der Waals surface area contributed by atoms with E-state index in [1.165, 1.54) is 0 Å². The Labute approximate surface area is 155 Å². The smallest absolute Gasteiger partial charge is 0.416 e. The number of carbonyl (C=O) groups excluding carboxylic acids is 1. The first-order chi connectivity index (χ1) is 13.0. The van der Waals surface area contributed by atoms with E-state index >= 15 is 0 Å². The lowest BCUT2D eigenvalue weighted by atomic mass is 10.1. The summed E-state index contributed by atoms with van der Waals surface area (Å²) >= 11 is 0. The summed E-state index contributed by atoms with van der Waals surface area (Å²) in [5, 5.41) is 3.29. The van der Waals surface area contributed by atoms with Crippen LogP contribution in [0.15, 0.2) is 24.4 Å². The summed E-state index contributed by atoms with van der Waals surface area (Å²) in [7, 11) is 2.01. The largest absolute Gasteiger partial charge is 0.447 e. The van der Waals surface area contributed by atoms with Crippen LogP contribution in [0.1, 0.15) is 6.92 Å². The van der Waals surface area contributed by atoms with E-state index in [-0.39, 0.29) is 12.4 Å². The van der Waals surface area contributed by atoms with Crippen molar-refractivity contribution >= 4 is 23.3 Å². The van der Waals surface area contributed by atoms with Crippen molar-refractivity contribution in [3.05, 3.63) is 24.4 Å². The van der Waals surface area contributed by atoms with Crippen LogP contribution in [-0.2, 0) is 11.3 Å². The lowest BCUT2D eigenvalue weighted by molar-refractivity contribution is 0.104. The predicted octanol–water partition coefficient (Wildman–Crippen LogP) is 3.02. The van der Waals surface area contributed by atoms with Gasteiger partial charge in [-0.05, 0) is 25.1 Å². The first-order valence-electron chi connectivity index (χ1n) is 8.90. The molecule has 1 N–H and O–H groups in total. The molecule has 3 heterocycles. The zero-order valence-corrected chi connectivity index (χ0v) is 15.2. The van der Waals surface area contributed by atoms with Gasteiger partial charge in [0.25, 0.3) is 6.43 Å². The molecule has 0 radical (unpaired) electrons. The number of carbonyl (C=O) groups is 1. The van der Waals surface area contributed by atoms with Crippen molar-refractivity contribution < 1.29 is 18.3 Å². The molecule has 1 unspecified atom stereocenters. The predicted molar refractivity (Wildman–Crippen MR) is 98.7 cm³/mol. The number of fused-ring (bicyclic) bond motifs is 3. The Balaban J connectivity index is 1.77. The summed E-state index contributed by atoms with van der Waals surface area (Å²) in [6.07, 6.45) is -1.83. The molecule has 2 aliphatic heterocycles. The van der Waals surface area contributed by atoms with E-state index in [1.54, 1.807) is 6.20 Å². The fraction of sp³-hybridized carbons (Fsp3) is 0.444. The van der Waals surface area contributed by atoms with E-state index in [9.17, 15) is 13.6 Å². The van der Waals surface area contributed by atoms with Gasteiger partial charge in [-0.25, -0.2) is 23.5 Å². The van der Waals surface area contributed by atoms with Gasteiger partial charge in [-0.2, -0.15) is 0 Å².